The molecule has 0 aliphatic heterocycles. The summed E-state index contributed by atoms with van der Waals surface area (Å²) in [7, 11) is -7.23. The highest BCUT2D eigenvalue weighted by molar-refractivity contribution is 7.89. The van der Waals surface area contributed by atoms with Crippen molar-refractivity contribution in [3.8, 4) is 0 Å². The third-order valence-corrected chi connectivity index (χ3v) is 6.80. The lowest BCUT2D eigenvalue weighted by Crippen LogP contribution is -2.27. The largest absolute Gasteiger partial charge is 0.326 e. The Kier molecular flexibility index (Phi) is 7.30. The quantitative estimate of drug-likeness (QED) is 0.563. The Morgan fingerprint density at radius 2 is 1.32 bits per heavy atom. The van der Waals surface area contributed by atoms with Crippen molar-refractivity contribution >= 4 is 31.6 Å². The average molecular weight is 426 g/mol. The maximum atomic E-state index is 12.2. The standard InChI is InChI=1S/C18H23N3O5S2/c1-3-19-27(23,24)17-10-6-15(7-11-17)21-18(22)12-13-20-28(25,26)16-8-4-14(2)5-9-16/h4-11,19-20H,3,12-13H2,1-2H3,(H,21,22). The molecule has 0 bridgehead atoms. The minimum absolute atomic E-state index is 0.0606. The Bertz CT molecular complexity index is 1020. The summed E-state index contributed by atoms with van der Waals surface area (Å²) in [4.78, 5) is 12.2. The number of rotatable bonds is 9. The van der Waals surface area contributed by atoms with Crippen LogP contribution >= 0.6 is 0 Å². The first-order chi connectivity index (χ1) is 13.1. The Labute approximate surface area is 165 Å². The van der Waals surface area contributed by atoms with E-state index in [1.54, 1.807) is 19.1 Å². The number of sulfonamides is 2. The average Bonchev–Trinajstić information content (AvgIpc) is 2.62. The second-order valence-electron chi connectivity index (χ2n) is 6.03. The van der Waals surface area contributed by atoms with Gasteiger partial charge in [-0.15, -0.1) is 0 Å². The first-order valence-electron chi connectivity index (χ1n) is 8.60. The van der Waals surface area contributed by atoms with Crippen molar-refractivity contribution in [3.05, 3.63) is 54.1 Å². The maximum absolute atomic E-state index is 12.2. The second kappa shape index (κ2) is 9.28. The molecule has 0 atom stereocenters. The molecule has 2 rings (SSSR count). The van der Waals surface area contributed by atoms with Gasteiger partial charge in [0.15, 0.2) is 0 Å². The summed E-state index contributed by atoms with van der Waals surface area (Å²) >= 11 is 0. The number of amides is 1. The van der Waals surface area contributed by atoms with Gasteiger partial charge >= 0.3 is 0 Å². The maximum Gasteiger partial charge on any atom is 0.240 e. The van der Waals surface area contributed by atoms with E-state index in [1.165, 1.54) is 36.4 Å². The van der Waals surface area contributed by atoms with Crippen LogP contribution in [-0.2, 0) is 24.8 Å². The molecule has 0 fully saturated rings. The van der Waals surface area contributed by atoms with Crippen molar-refractivity contribution in [2.45, 2.75) is 30.1 Å². The molecule has 0 heterocycles. The van der Waals surface area contributed by atoms with E-state index in [4.69, 9.17) is 0 Å². The summed E-state index contributed by atoms with van der Waals surface area (Å²) in [6.07, 6.45) is -0.0669. The molecule has 28 heavy (non-hydrogen) atoms. The Hall–Kier alpha value is -2.27. The minimum atomic E-state index is -3.68. The minimum Gasteiger partial charge on any atom is -0.326 e. The number of nitrogens with one attached hydrogen (secondary N) is 3. The van der Waals surface area contributed by atoms with Gasteiger partial charge in [0.05, 0.1) is 9.79 Å². The van der Waals surface area contributed by atoms with Gasteiger partial charge in [-0.3, -0.25) is 4.79 Å². The van der Waals surface area contributed by atoms with Crippen molar-refractivity contribution < 1.29 is 21.6 Å². The fourth-order valence-electron chi connectivity index (χ4n) is 2.31. The van der Waals surface area contributed by atoms with Crippen LogP contribution in [0, 0.1) is 6.92 Å². The third kappa shape index (κ3) is 6.13. The zero-order valence-electron chi connectivity index (χ0n) is 15.6. The molecule has 2 aromatic rings. The molecule has 3 N–H and O–H groups in total. The van der Waals surface area contributed by atoms with Crippen LogP contribution in [0.1, 0.15) is 18.9 Å². The van der Waals surface area contributed by atoms with Crippen LogP contribution in [0.25, 0.3) is 0 Å². The summed E-state index contributed by atoms with van der Waals surface area (Å²) in [5.74, 6) is -0.395. The van der Waals surface area contributed by atoms with E-state index in [2.05, 4.69) is 14.8 Å². The van der Waals surface area contributed by atoms with E-state index in [-0.39, 0.29) is 29.3 Å². The van der Waals surface area contributed by atoms with Gasteiger partial charge in [0.2, 0.25) is 26.0 Å². The molecule has 0 saturated heterocycles. The SMILES string of the molecule is CCNS(=O)(=O)c1ccc(NC(=O)CCNS(=O)(=O)c2ccc(C)cc2)cc1. The molecule has 0 radical (unpaired) electrons. The summed E-state index contributed by atoms with van der Waals surface area (Å²) in [6, 6.07) is 12.1. The molecule has 0 unspecified atom stereocenters. The second-order valence-corrected chi connectivity index (χ2v) is 9.57. The van der Waals surface area contributed by atoms with Crippen LogP contribution in [0.5, 0.6) is 0 Å². The first-order valence-corrected chi connectivity index (χ1v) is 11.6. The Morgan fingerprint density at radius 3 is 1.86 bits per heavy atom. The van der Waals surface area contributed by atoms with E-state index in [1.807, 2.05) is 6.92 Å². The van der Waals surface area contributed by atoms with Gasteiger partial charge in [-0.05, 0) is 43.3 Å². The van der Waals surface area contributed by atoms with Gasteiger partial charge in [-0.1, -0.05) is 24.6 Å². The van der Waals surface area contributed by atoms with Gasteiger partial charge in [0.1, 0.15) is 0 Å². The highest BCUT2D eigenvalue weighted by Crippen LogP contribution is 2.14. The fraction of sp³-hybridized carbons (Fsp3) is 0.278. The Balaban J connectivity index is 1.88. The smallest absolute Gasteiger partial charge is 0.240 e. The number of carbonyl (C=O) groups is 1. The van der Waals surface area contributed by atoms with Crippen molar-refractivity contribution in [2.24, 2.45) is 0 Å². The van der Waals surface area contributed by atoms with Crippen LogP contribution < -0.4 is 14.8 Å². The highest BCUT2D eigenvalue weighted by Gasteiger charge is 2.15. The molecule has 152 valence electrons. The van der Waals surface area contributed by atoms with Crippen LogP contribution in [0.2, 0.25) is 0 Å². The van der Waals surface area contributed by atoms with Gasteiger partial charge in [-0.2, -0.15) is 0 Å². The molecule has 10 heteroatoms. The van der Waals surface area contributed by atoms with Crippen LogP contribution in [0.4, 0.5) is 5.69 Å². The molecular weight excluding hydrogens is 402 g/mol. The highest BCUT2D eigenvalue weighted by atomic mass is 32.2. The van der Waals surface area contributed by atoms with E-state index in [0.29, 0.717) is 5.69 Å². The predicted octanol–water partition coefficient (Wildman–Crippen LogP) is 1.60. The molecule has 0 aliphatic rings. The fourth-order valence-corrected chi connectivity index (χ4v) is 4.39. The molecule has 0 aromatic heterocycles. The number of aryl methyl sites for hydroxylation is 1. The van der Waals surface area contributed by atoms with Crippen molar-refractivity contribution in [3.63, 3.8) is 0 Å². The van der Waals surface area contributed by atoms with E-state index in [9.17, 15) is 21.6 Å². The van der Waals surface area contributed by atoms with Crippen molar-refractivity contribution in [2.75, 3.05) is 18.4 Å². The molecule has 0 aliphatic carbocycles. The van der Waals surface area contributed by atoms with E-state index < -0.39 is 26.0 Å². The van der Waals surface area contributed by atoms with Crippen LogP contribution in [0.3, 0.4) is 0 Å². The van der Waals surface area contributed by atoms with Crippen molar-refractivity contribution in [1.82, 2.24) is 9.44 Å². The van der Waals surface area contributed by atoms with Gasteiger partial charge < -0.3 is 5.32 Å². The van der Waals surface area contributed by atoms with E-state index >= 15 is 0 Å². The lowest BCUT2D eigenvalue weighted by molar-refractivity contribution is -0.116. The van der Waals surface area contributed by atoms with Crippen LogP contribution in [-0.4, -0.2) is 35.8 Å². The van der Waals surface area contributed by atoms with Crippen LogP contribution in [0.15, 0.2) is 58.3 Å². The summed E-state index contributed by atoms with van der Waals surface area (Å²) < 4.78 is 52.8. The summed E-state index contributed by atoms with van der Waals surface area (Å²) in [5, 5.41) is 2.60. The number of carbonyl (C=O) groups excluding carboxylic acids is 1. The summed E-state index contributed by atoms with van der Waals surface area (Å²) in [5.41, 5.74) is 1.37. The molecule has 0 saturated carbocycles. The topological polar surface area (TPSA) is 121 Å². The van der Waals surface area contributed by atoms with Gasteiger partial charge in [0.25, 0.3) is 0 Å². The molecule has 1 amide bonds. The molecule has 2 aromatic carbocycles. The zero-order valence-corrected chi connectivity index (χ0v) is 17.2. The summed E-state index contributed by atoms with van der Waals surface area (Å²) in [6.45, 7) is 3.75. The number of hydrogen-bond donors (Lipinski definition) is 3. The monoisotopic (exact) mass is 425 g/mol. The molecule has 8 nitrogen and oxygen atoms in total. The zero-order chi connectivity index (χ0) is 20.8. The van der Waals surface area contributed by atoms with E-state index in [0.717, 1.165) is 5.56 Å². The number of anilines is 1. The molecule has 0 spiro atoms. The Morgan fingerprint density at radius 1 is 0.821 bits per heavy atom. The predicted molar refractivity (Wildman–Crippen MR) is 107 cm³/mol. The lowest BCUT2D eigenvalue weighted by atomic mass is 10.2. The molecular formula is C18H23N3O5S2. The number of benzene rings is 2. The number of hydrogen-bond acceptors (Lipinski definition) is 5. The first kappa shape index (κ1) is 22.0. The van der Waals surface area contributed by atoms with Gasteiger partial charge in [0, 0.05) is 25.2 Å². The van der Waals surface area contributed by atoms with Crippen molar-refractivity contribution in [1.29, 1.82) is 0 Å². The third-order valence-electron chi connectivity index (χ3n) is 3.76. The lowest BCUT2D eigenvalue weighted by Gasteiger charge is -2.09. The normalized spacial score (nSPS) is 11.9. The van der Waals surface area contributed by atoms with Gasteiger partial charge in [-0.25, -0.2) is 26.3 Å².